The van der Waals surface area contributed by atoms with Gasteiger partial charge in [0.25, 0.3) is 0 Å². The number of carboxylic acid groups (broad SMARTS) is 1. The molecule has 0 spiro atoms. The highest BCUT2D eigenvalue weighted by Crippen LogP contribution is 2.19. The van der Waals surface area contributed by atoms with Gasteiger partial charge in [-0.05, 0) is 13.0 Å². The van der Waals surface area contributed by atoms with Crippen LogP contribution in [-0.2, 0) is 4.74 Å². The summed E-state index contributed by atoms with van der Waals surface area (Å²) in [6, 6.07) is 9.03. The zero-order chi connectivity index (χ0) is 15.2. The summed E-state index contributed by atoms with van der Waals surface area (Å²) in [6.07, 6.45) is 0. The van der Waals surface area contributed by atoms with Crippen LogP contribution >= 0.6 is 0 Å². The second kappa shape index (κ2) is 6.81. The normalized spacial score (nSPS) is 10.4. The smallest absolute Gasteiger partial charge is 0.354 e. The van der Waals surface area contributed by atoms with Crippen molar-refractivity contribution in [3.05, 3.63) is 41.6 Å². The Morgan fingerprint density at radius 3 is 2.81 bits per heavy atom. The molecule has 2 rings (SSSR count). The number of hydrogen-bond acceptors (Lipinski definition) is 5. The van der Waals surface area contributed by atoms with E-state index in [1.165, 1.54) is 6.07 Å². The lowest BCUT2D eigenvalue weighted by Gasteiger charge is -2.08. The van der Waals surface area contributed by atoms with E-state index < -0.39 is 5.97 Å². The maximum Gasteiger partial charge on any atom is 0.354 e. The molecule has 0 aliphatic heterocycles. The van der Waals surface area contributed by atoms with Gasteiger partial charge in [0, 0.05) is 25.3 Å². The molecule has 0 saturated carbocycles. The highest BCUT2D eigenvalue weighted by Gasteiger charge is 2.11. The minimum absolute atomic E-state index is 0.0403. The molecule has 110 valence electrons. The molecule has 0 radical (unpaired) electrons. The molecule has 6 heteroatoms. The molecule has 0 saturated heterocycles. The van der Waals surface area contributed by atoms with Gasteiger partial charge in [-0.1, -0.05) is 23.8 Å². The molecule has 0 fully saturated rings. The highest BCUT2D eigenvalue weighted by molar-refractivity contribution is 5.87. The molecule has 1 aromatic carbocycles. The van der Waals surface area contributed by atoms with Gasteiger partial charge in [-0.15, -0.1) is 0 Å². The molecule has 0 bridgehead atoms. The lowest BCUT2D eigenvalue weighted by molar-refractivity contribution is 0.0690. The number of hydrogen-bond donors (Lipinski definition) is 2. The van der Waals surface area contributed by atoms with Crippen LogP contribution in [0.4, 0.5) is 5.82 Å². The maximum atomic E-state index is 11.2. The van der Waals surface area contributed by atoms with Gasteiger partial charge in [0.15, 0.2) is 11.5 Å². The predicted octanol–water partition coefficient (Wildman–Crippen LogP) is 2.21. The van der Waals surface area contributed by atoms with E-state index in [9.17, 15) is 4.79 Å². The number of nitrogens with one attached hydrogen (secondary N) is 1. The lowest BCUT2D eigenvalue weighted by atomic mass is 10.1. The Labute approximate surface area is 122 Å². The van der Waals surface area contributed by atoms with Crippen molar-refractivity contribution in [3.8, 4) is 11.4 Å². The fourth-order valence-electron chi connectivity index (χ4n) is 1.84. The number of rotatable bonds is 6. The predicted molar refractivity (Wildman–Crippen MR) is 79.5 cm³/mol. The average Bonchev–Trinajstić information content (AvgIpc) is 2.47. The van der Waals surface area contributed by atoms with Crippen molar-refractivity contribution in [3.63, 3.8) is 0 Å². The average molecular weight is 287 g/mol. The second-order valence-electron chi connectivity index (χ2n) is 4.56. The summed E-state index contributed by atoms with van der Waals surface area (Å²) in [7, 11) is 1.60. The van der Waals surface area contributed by atoms with E-state index in [0.717, 1.165) is 11.1 Å². The number of aromatic carboxylic acids is 1. The van der Waals surface area contributed by atoms with E-state index in [1.54, 1.807) is 7.11 Å². The first kappa shape index (κ1) is 14.9. The molecule has 6 nitrogen and oxygen atoms in total. The minimum atomic E-state index is -1.08. The van der Waals surface area contributed by atoms with Crippen LogP contribution in [0.25, 0.3) is 11.4 Å². The van der Waals surface area contributed by atoms with Crippen molar-refractivity contribution < 1.29 is 14.6 Å². The summed E-state index contributed by atoms with van der Waals surface area (Å²) in [5, 5.41) is 12.2. The van der Waals surface area contributed by atoms with Gasteiger partial charge >= 0.3 is 5.97 Å². The number of aryl methyl sites for hydroxylation is 1. The number of carboxylic acids is 1. The third-order valence-corrected chi connectivity index (χ3v) is 2.83. The van der Waals surface area contributed by atoms with Crippen LogP contribution in [0.5, 0.6) is 0 Å². The van der Waals surface area contributed by atoms with Crippen molar-refractivity contribution in [2.24, 2.45) is 0 Å². The number of nitrogens with zero attached hydrogens (tertiary/aromatic N) is 2. The number of ether oxygens (including phenoxy) is 1. The zero-order valence-corrected chi connectivity index (χ0v) is 12.0. The highest BCUT2D eigenvalue weighted by atomic mass is 16.5. The Morgan fingerprint density at radius 2 is 2.14 bits per heavy atom. The molecule has 2 N–H and O–H groups in total. The van der Waals surface area contributed by atoms with Gasteiger partial charge in [0.05, 0.1) is 6.61 Å². The summed E-state index contributed by atoms with van der Waals surface area (Å²) in [6.45, 7) is 3.01. The lowest BCUT2D eigenvalue weighted by Crippen LogP contribution is -2.11. The minimum Gasteiger partial charge on any atom is -0.477 e. The van der Waals surface area contributed by atoms with E-state index in [1.807, 2.05) is 31.2 Å². The fourth-order valence-corrected chi connectivity index (χ4v) is 1.84. The summed E-state index contributed by atoms with van der Waals surface area (Å²) < 4.78 is 4.95. The molecule has 2 aromatic rings. The van der Waals surface area contributed by atoms with Crippen LogP contribution < -0.4 is 5.32 Å². The SMILES string of the molecule is COCCNc1cc(C(=O)O)nc(-c2cccc(C)c2)n1. The molecular formula is C15H17N3O3. The van der Waals surface area contributed by atoms with Gasteiger partial charge in [-0.2, -0.15) is 0 Å². The quantitative estimate of drug-likeness (QED) is 0.792. The van der Waals surface area contributed by atoms with Crippen molar-refractivity contribution in [2.75, 3.05) is 25.6 Å². The molecule has 0 unspecified atom stereocenters. The fraction of sp³-hybridized carbons (Fsp3) is 0.267. The summed E-state index contributed by atoms with van der Waals surface area (Å²) in [5.74, 6) is -0.226. The topological polar surface area (TPSA) is 84.3 Å². The third kappa shape index (κ3) is 4.00. The van der Waals surface area contributed by atoms with Gasteiger partial charge in [0.1, 0.15) is 5.82 Å². The van der Waals surface area contributed by atoms with E-state index in [0.29, 0.717) is 24.8 Å². The molecule has 1 heterocycles. The molecule has 21 heavy (non-hydrogen) atoms. The largest absolute Gasteiger partial charge is 0.477 e. The van der Waals surface area contributed by atoms with Gasteiger partial charge in [-0.25, -0.2) is 14.8 Å². The molecule has 0 amide bonds. The van der Waals surface area contributed by atoms with Crippen LogP contribution in [0.15, 0.2) is 30.3 Å². The summed E-state index contributed by atoms with van der Waals surface area (Å²) in [5.41, 5.74) is 1.81. The molecule has 0 aliphatic carbocycles. The molecule has 1 aromatic heterocycles. The number of methoxy groups -OCH3 is 1. The summed E-state index contributed by atoms with van der Waals surface area (Å²) in [4.78, 5) is 19.6. The standard InChI is InChI=1S/C15H17N3O3/c1-10-4-3-5-11(8-10)14-17-12(15(19)20)9-13(18-14)16-6-7-21-2/h3-5,8-9H,6-7H2,1-2H3,(H,19,20)(H,16,17,18). The van der Waals surface area contributed by atoms with E-state index in [2.05, 4.69) is 15.3 Å². The summed E-state index contributed by atoms with van der Waals surface area (Å²) >= 11 is 0. The van der Waals surface area contributed by atoms with Crippen LogP contribution in [0, 0.1) is 6.92 Å². The van der Waals surface area contributed by atoms with Crippen LogP contribution in [0.2, 0.25) is 0 Å². The van der Waals surface area contributed by atoms with Gasteiger partial charge in [0.2, 0.25) is 0 Å². The van der Waals surface area contributed by atoms with Crippen molar-refractivity contribution in [1.29, 1.82) is 0 Å². The van der Waals surface area contributed by atoms with Gasteiger partial charge in [-0.3, -0.25) is 0 Å². The second-order valence-corrected chi connectivity index (χ2v) is 4.56. The number of anilines is 1. The van der Waals surface area contributed by atoms with Crippen molar-refractivity contribution in [1.82, 2.24) is 9.97 Å². The third-order valence-electron chi connectivity index (χ3n) is 2.83. The van der Waals surface area contributed by atoms with Crippen LogP contribution in [0.1, 0.15) is 16.1 Å². The van der Waals surface area contributed by atoms with E-state index in [4.69, 9.17) is 9.84 Å². The zero-order valence-electron chi connectivity index (χ0n) is 12.0. The van der Waals surface area contributed by atoms with Gasteiger partial charge < -0.3 is 15.2 Å². The Bertz CT molecular complexity index is 644. The van der Waals surface area contributed by atoms with Crippen molar-refractivity contribution in [2.45, 2.75) is 6.92 Å². The molecule has 0 aliphatic rings. The van der Waals surface area contributed by atoms with E-state index >= 15 is 0 Å². The molecular weight excluding hydrogens is 270 g/mol. The monoisotopic (exact) mass is 287 g/mol. The van der Waals surface area contributed by atoms with E-state index in [-0.39, 0.29) is 5.69 Å². The maximum absolute atomic E-state index is 11.2. The number of aromatic nitrogens is 2. The Balaban J connectivity index is 2.37. The Morgan fingerprint density at radius 1 is 1.33 bits per heavy atom. The number of benzene rings is 1. The van der Waals surface area contributed by atoms with Crippen molar-refractivity contribution >= 4 is 11.8 Å². The van der Waals surface area contributed by atoms with Crippen LogP contribution in [0.3, 0.4) is 0 Å². The first-order valence-corrected chi connectivity index (χ1v) is 6.52. The van der Waals surface area contributed by atoms with Crippen LogP contribution in [-0.4, -0.2) is 41.3 Å². The first-order chi connectivity index (χ1) is 10.1. The molecule has 0 atom stereocenters. The Kier molecular flexibility index (Phi) is 4.84. The number of carbonyl (C=O) groups is 1. The first-order valence-electron chi connectivity index (χ1n) is 6.52. The Hall–Kier alpha value is -2.47.